The zero-order chi connectivity index (χ0) is 18.9. The summed E-state index contributed by atoms with van der Waals surface area (Å²) < 4.78 is 6.68. The van der Waals surface area contributed by atoms with Crippen LogP contribution in [0.3, 0.4) is 0 Å². The van der Waals surface area contributed by atoms with Gasteiger partial charge in [-0.2, -0.15) is 0 Å². The van der Waals surface area contributed by atoms with Crippen LogP contribution >= 0.6 is 15.9 Å². The van der Waals surface area contributed by atoms with Crippen molar-refractivity contribution in [1.82, 2.24) is 0 Å². The number of hydrogen-bond acceptors (Lipinski definition) is 2. The number of para-hydroxylation sites is 1. The summed E-state index contributed by atoms with van der Waals surface area (Å²) in [6.45, 7) is 0.515. The van der Waals surface area contributed by atoms with Crippen LogP contribution in [0.1, 0.15) is 24.0 Å². The zero-order valence-electron chi connectivity index (χ0n) is 15.0. The van der Waals surface area contributed by atoms with Gasteiger partial charge in [0.25, 0.3) is 0 Å². The highest BCUT2D eigenvalue weighted by molar-refractivity contribution is 9.10. The third-order valence-corrected chi connectivity index (χ3v) is 4.69. The molecule has 0 aliphatic carbocycles. The molecule has 0 bridgehead atoms. The number of amides is 1. The Morgan fingerprint density at radius 1 is 0.889 bits per heavy atom. The minimum absolute atomic E-state index is 0.00918. The maximum absolute atomic E-state index is 12.3. The van der Waals surface area contributed by atoms with Crippen molar-refractivity contribution in [2.75, 3.05) is 11.9 Å². The molecule has 3 nitrogen and oxygen atoms in total. The summed E-state index contributed by atoms with van der Waals surface area (Å²) in [6, 6.07) is 25.9. The molecule has 3 aromatic rings. The predicted molar refractivity (Wildman–Crippen MR) is 113 cm³/mol. The van der Waals surface area contributed by atoms with Gasteiger partial charge in [-0.05, 0) is 54.3 Å². The van der Waals surface area contributed by atoms with Crippen molar-refractivity contribution in [3.8, 4) is 5.75 Å². The van der Waals surface area contributed by atoms with Crippen molar-refractivity contribution in [2.45, 2.75) is 19.3 Å². The summed E-state index contributed by atoms with van der Waals surface area (Å²) in [5.41, 5.74) is 3.21. The molecule has 0 radical (unpaired) electrons. The number of benzene rings is 3. The van der Waals surface area contributed by atoms with Gasteiger partial charge in [0.15, 0.2) is 0 Å². The molecule has 138 valence electrons. The molecule has 1 amide bonds. The summed E-state index contributed by atoms with van der Waals surface area (Å²) in [5.74, 6) is 0.821. The number of halogens is 1. The fraction of sp³-hybridized carbons (Fsp3) is 0.174. The lowest BCUT2D eigenvalue weighted by atomic mass is 10.0. The Hall–Kier alpha value is -2.59. The van der Waals surface area contributed by atoms with Crippen LogP contribution in [0.25, 0.3) is 0 Å². The maximum atomic E-state index is 12.3. The van der Waals surface area contributed by atoms with E-state index in [9.17, 15) is 4.79 Å². The first-order valence-corrected chi connectivity index (χ1v) is 9.80. The molecule has 27 heavy (non-hydrogen) atoms. The van der Waals surface area contributed by atoms with Crippen LogP contribution in [0.15, 0.2) is 83.3 Å². The molecule has 0 unspecified atom stereocenters. The highest BCUT2D eigenvalue weighted by Crippen LogP contribution is 2.20. The van der Waals surface area contributed by atoms with Crippen LogP contribution in [0, 0.1) is 0 Å². The topological polar surface area (TPSA) is 38.3 Å². The van der Waals surface area contributed by atoms with Gasteiger partial charge in [-0.25, -0.2) is 0 Å². The highest BCUT2D eigenvalue weighted by Gasteiger charge is 2.07. The Balaban J connectivity index is 1.48. The van der Waals surface area contributed by atoms with Crippen molar-refractivity contribution < 1.29 is 9.53 Å². The fourth-order valence-electron chi connectivity index (χ4n) is 2.78. The lowest BCUT2D eigenvalue weighted by Crippen LogP contribution is -2.14. The molecule has 0 atom stereocenters. The van der Waals surface area contributed by atoms with Gasteiger partial charge in [0.05, 0.1) is 6.61 Å². The van der Waals surface area contributed by atoms with E-state index in [0.29, 0.717) is 19.4 Å². The van der Waals surface area contributed by atoms with Crippen molar-refractivity contribution >= 4 is 27.5 Å². The molecule has 0 aliphatic heterocycles. The molecule has 1 N–H and O–H groups in total. The number of carbonyl (C=O) groups is 1. The van der Waals surface area contributed by atoms with E-state index in [1.165, 1.54) is 5.56 Å². The van der Waals surface area contributed by atoms with Crippen molar-refractivity contribution in [1.29, 1.82) is 0 Å². The third-order valence-electron chi connectivity index (χ3n) is 4.16. The number of nitrogens with one attached hydrogen (secondary N) is 1. The van der Waals surface area contributed by atoms with Crippen molar-refractivity contribution in [3.63, 3.8) is 0 Å². The number of ether oxygens (including phenoxy) is 1. The molecule has 0 fully saturated rings. The largest absolute Gasteiger partial charge is 0.494 e. The van der Waals surface area contributed by atoms with Crippen LogP contribution < -0.4 is 10.1 Å². The smallest absolute Gasteiger partial charge is 0.224 e. The minimum Gasteiger partial charge on any atom is -0.494 e. The lowest BCUT2D eigenvalue weighted by molar-refractivity contribution is -0.116. The molecule has 0 heterocycles. The summed E-state index contributed by atoms with van der Waals surface area (Å²) >= 11 is 3.40. The SMILES string of the molecule is O=C(CCCOc1ccc(Br)cc1)Nc1ccccc1Cc1ccccc1. The molecule has 4 heteroatoms. The highest BCUT2D eigenvalue weighted by atomic mass is 79.9. The second-order valence-corrected chi connectivity index (χ2v) is 7.19. The second kappa shape index (κ2) is 9.93. The van der Waals surface area contributed by atoms with Gasteiger partial charge in [-0.3, -0.25) is 4.79 Å². The summed E-state index contributed by atoms with van der Waals surface area (Å²) in [4.78, 5) is 12.3. The second-order valence-electron chi connectivity index (χ2n) is 6.27. The van der Waals surface area contributed by atoms with Crippen molar-refractivity contribution in [2.24, 2.45) is 0 Å². The number of anilines is 1. The van der Waals surface area contributed by atoms with Crippen LogP contribution in [-0.2, 0) is 11.2 Å². The number of rotatable bonds is 8. The molecule has 0 saturated heterocycles. The van der Waals surface area contributed by atoms with E-state index < -0.39 is 0 Å². The Labute approximate surface area is 168 Å². The van der Waals surface area contributed by atoms with Crippen molar-refractivity contribution in [3.05, 3.63) is 94.5 Å². The number of carbonyl (C=O) groups excluding carboxylic acids is 1. The van der Waals surface area contributed by atoms with E-state index in [0.717, 1.165) is 27.9 Å². The van der Waals surface area contributed by atoms with Gasteiger partial charge in [0.1, 0.15) is 5.75 Å². The first-order chi connectivity index (χ1) is 13.2. The zero-order valence-corrected chi connectivity index (χ0v) is 16.6. The molecule has 3 aromatic carbocycles. The van der Waals surface area contributed by atoms with E-state index in [4.69, 9.17) is 4.74 Å². The van der Waals surface area contributed by atoms with Crippen LogP contribution in [-0.4, -0.2) is 12.5 Å². The van der Waals surface area contributed by atoms with Gasteiger partial charge in [-0.15, -0.1) is 0 Å². The van der Waals surface area contributed by atoms with E-state index in [1.54, 1.807) is 0 Å². The third kappa shape index (κ3) is 6.26. The van der Waals surface area contributed by atoms with E-state index in [1.807, 2.05) is 60.7 Å². The maximum Gasteiger partial charge on any atom is 0.224 e. The first kappa shape index (κ1) is 19.2. The Bertz CT molecular complexity index is 863. The Morgan fingerprint density at radius 3 is 2.37 bits per heavy atom. The minimum atomic E-state index is 0.00918. The fourth-order valence-corrected chi connectivity index (χ4v) is 3.04. The molecule has 0 aromatic heterocycles. The van der Waals surface area contributed by atoms with Gasteiger partial charge < -0.3 is 10.1 Å². The van der Waals surface area contributed by atoms with Crippen LogP contribution in [0.2, 0.25) is 0 Å². The normalized spacial score (nSPS) is 10.4. The predicted octanol–water partition coefficient (Wildman–Crippen LogP) is 5.84. The molecule has 0 spiro atoms. The lowest BCUT2D eigenvalue weighted by Gasteiger charge is -2.11. The van der Waals surface area contributed by atoms with E-state index in [2.05, 4.69) is 39.4 Å². The monoisotopic (exact) mass is 423 g/mol. The Morgan fingerprint density at radius 2 is 1.59 bits per heavy atom. The average molecular weight is 424 g/mol. The van der Waals surface area contributed by atoms with Crippen LogP contribution in [0.4, 0.5) is 5.69 Å². The summed E-state index contributed by atoms with van der Waals surface area (Å²) in [7, 11) is 0. The Kier molecular flexibility index (Phi) is 7.05. The van der Waals surface area contributed by atoms with E-state index >= 15 is 0 Å². The molecule has 0 saturated carbocycles. The number of hydrogen-bond donors (Lipinski definition) is 1. The molecule has 3 rings (SSSR count). The van der Waals surface area contributed by atoms with Gasteiger partial charge >= 0.3 is 0 Å². The van der Waals surface area contributed by atoms with Gasteiger partial charge in [0.2, 0.25) is 5.91 Å². The van der Waals surface area contributed by atoms with Gasteiger partial charge in [-0.1, -0.05) is 64.5 Å². The first-order valence-electron chi connectivity index (χ1n) is 9.01. The quantitative estimate of drug-likeness (QED) is 0.462. The van der Waals surface area contributed by atoms with Crippen LogP contribution in [0.5, 0.6) is 5.75 Å². The molecular formula is C23H22BrNO2. The average Bonchev–Trinajstić information content (AvgIpc) is 2.69. The summed E-state index contributed by atoms with van der Waals surface area (Å²) in [6.07, 6.45) is 1.89. The molecular weight excluding hydrogens is 402 g/mol. The standard InChI is InChI=1S/C23H22BrNO2/c24-20-12-14-21(15-13-20)27-16-6-11-23(26)25-22-10-5-4-9-19(22)17-18-7-2-1-3-8-18/h1-5,7-10,12-15H,6,11,16-17H2,(H,25,26). The van der Waals surface area contributed by atoms with Gasteiger partial charge in [0, 0.05) is 16.6 Å². The molecule has 0 aliphatic rings. The summed E-state index contributed by atoms with van der Waals surface area (Å²) in [5, 5.41) is 3.04. The van der Waals surface area contributed by atoms with E-state index in [-0.39, 0.29) is 5.91 Å².